The lowest BCUT2D eigenvalue weighted by atomic mass is 10.1. The number of aromatic amines is 1. The Kier molecular flexibility index (Phi) is 8.71. The second kappa shape index (κ2) is 8.82. The van der Waals surface area contributed by atoms with E-state index in [4.69, 9.17) is 12.2 Å². The van der Waals surface area contributed by atoms with Gasteiger partial charge < -0.3 is 10.2 Å². The molecule has 0 saturated carbocycles. The van der Waals surface area contributed by atoms with Crippen LogP contribution in [0.2, 0.25) is 0 Å². The number of hydrogen-bond donors (Lipinski definition) is 2. The van der Waals surface area contributed by atoms with Gasteiger partial charge in [-0.05, 0) is 32.1 Å². The molecule has 1 aromatic rings. The van der Waals surface area contributed by atoms with Crippen LogP contribution in [-0.2, 0) is 6.54 Å². The fraction of sp³-hybridized carbons (Fsp3) is 0.889. The molecule has 18 heavy (non-hydrogen) atoms. The van der Waals surface area contributed by atoms with Crippen LogP contribution >= 0.6 is 37.0 Å². The number of aryl methyl sites for hydroxylation is 1. The van der Waals surface area contributed by atoms with Crippen LogP contribution in [0.15, 0.2) is 0 Å². The molecular formula is C9H20Cl2N6S. The maximum Gasteiger partial charge on any atom is 0.238 e. The SMILES string of the molecule is CN1CCNCC1CCCn1[nH]nnc1=S.Cl.Cl. The van der Waals surface area contributed by atoms with Crippen molar-refractivity contribution in [2.45, 2.75) is 25.4 Å². The van der Waals surface area contributed by atoms with Crippen molar-refractivity contribution in [3.63, 3.8) is 0 Å². The van der Waals surface area contributed by atoms with E-state index in [9.17, 15) is 0 Å². The Balaban J connectivity index is 0.00000144. The van der Waals surface area contributed by atoms with Crippen molar-refractivity contribution in [3.05, 3.63) is 4.77 Å². The summed E-state index contributed by atoms with van der Waals surface area (Å²) < 4.78 is 2.35. The summed E-state index contributed by atoms with van der Waals surface area (Å²) in [6, 6.07) is 0.638. The van der Waals surface area contributed by atoms with Gasteiger partial charge in [0, 0.05) is 32.2 Å². The van der Waals surface area contributed by atoms with E-state index in [2.05, 4.69) is 32.8 Å². The normalized spacial score (nSPS) is 19.9. The summed E-state index contributed by atoms with van der Waals surface area (Å²) in [6.07, 6.45) is 2.26. The van der Waals surface area contributed by atoms with Crippen molar-refractivity contribution in [1.29, 1.82) is 0 Å². The molecule has 0 bridgehead atoms. The molecule has 0 spiro atoms. The number of hydrogen-bond acceptors (Lipinski definition) is 5. The zero-order chi connectivity index (χ0) is 11.4. The lowest BCUT2D eigenvalue weighted by Crippen LogP contribution is -2.49. The van der Waals surface area contributed by atoms with Crippen LogP contribution in [0.25, 0.3) is 0 Å². The number of piperazine rings is 1. The van der Waals surface area contributed by atoms with Gasteiger partial charge in [-0.1, -0.05) is 10.3 Å². The molecule has 1 aliphatic rings. The minimum absolute atomic E-state index is 0. The van der Waals surface area contributed by atoms with Crippen molar-refractivity contribution in [2.75, 3.05) is 26.7 Å². The van der Waals surface area contributed by atoms with E-state index in [1.165, 1.54) is 6.42 Å². The van der Waals surface area contributed by atoms with Gasteiger partial charge in [0.15, 0.2) is 0 Å². The molecule has 1 unspecified atom stereocenters. The van der Waals surface area contributed by atoms with Gasteiger partial charge in [0.05, 0.1) is 0 Å². The Morgan fingerprint density at radius 3 is 2.83 bits per heavy atom. The molecule has 2 rings (SSSR count). The Morgan fingerprint density at radius 1 is 1.44 bits per heavy atom. The molecule has 0 radical (unpaired) electrons. The molecule has 0 aromatic carbocycles. The second-order valence-electron chi connectivity index (χ2n) is 4.21. The van der Waals surface area contributed by atoms with Gasteiger partial charge >= 0.3 is 0 Å². The van der Waals surface area contributed by atoms with Gasteiger partial charge in [-0.25, -0.2) is 4.68 Å². The van der Waals surface area contributed by atoms with E-state index >= 15 is 0 Å². The topological polar surface area (TPSA) is 61.8 Å². The lowest BCUT2D eigenvalue weighted by molar-refractivity contribution is 0.185. The zero-order valence-electron chi connectivity index (χ0n) is 10.3. The molecule has 1 aliphatic heterocycles. The summed E-state index contributed by atoms with van der Waals surface area (Å²) in [5.74, 6) is 0. The summed E-state index contributed by atoms with van der Waals surface area (Å²) in [6.45, 7) is 4.19. The predicted molar refractivity (Wildman–Crippen MR) is 78.2 cm³/mol. The van der Waals surface area contributed by atoms with Crippen LogP contribution in [0, 0.1) is 4.77 Å². The van der Waals surface area contributed by atoms with Gasteiger partial charge in [0.25, 0.3) is 0 Å². The molecular weight excluding hydrogens is 295 g/mol. The number of nitrogens with one attached hydrogen (secondary N) is 2. The minimum atomic E-state index is 0. The van der Waals surface area contributed by atoms with Crippen LogP contribution < -0.4 is 5.32 Å². The first-order valence-electron chi connectivity index (χ1n) is 5.66. The van der Waals surface area contributed by atoms with Gasteiger partial charge in [0.2, 0.25) is 4.77 Å². The summed E-state index contributed by atoms with van der Waals surface area (Å²) in [7, 11) is 2.19. The lowest BCUT2D eigenvalue weighted by Gasteiger charge is -2.33. The van der Waals surface area contributed by atoms with E-state index in [1.807, 2.05) is 4.68 Å². The second-order valence-corrected chi connectivity index (χ2v) is 4.58. The highest BCUT2D eigenvalue weighted by Crippen LogP contribution is 2.07. The number of rotatable bonds is 4. The maximum atomic E-state index is 5.01. The molecule has 6 nitrogen and oxygen atoms in total. The van der Waals surface area contributed by atoms with Gasteiger partial charge in [0.1, 0.15) is 0 Å². The number of H-pyrrole nitrogens is 1. The van der Waals surface area contributed by atoms with Crippen LogP contribution in [0.5, 0.6) is 0 Å². The zero-order valence-corrected chi connectivity index (χ0v) is 12.8. The summed E-state index contributed by atoms with van der Waals surface area (Å²) in [5, 5.41) is 13.6. The Labute approximate surface area is 124 Å². The quantitative estimate of drug-likeness (QED) is 0.807. The van der Waals surface area contributed by atoms with E-state index < -0.39 is 0 Å². The number of halogens is 2. The van der Waals surface area contributed by atoms with Crippen LogP contribution in [0.3, 0.4) is 0 Å². The third-order valence-corrected chi connectivity index (χ3v) is 3.40. The van der Waals surface area contributed by atoms with Crippen molar-refractivity contribution in [2.24, 2.45) is 0 Å². The van der Waals surface area contributed by atoms with Crippen LogP contribution in [0.4, 0.5) is 0 Å². The third-order valence-electron chi connectivity index (χ3n) is 3.10. The summed E-state index contributed by atoms with van der Waals surface area (Å²) in [4.78, 5) is 2.42. The highest BCUT2D eigenvalue weighted by atomic mass is 35.5. The van der Waals surface area contributed by atoms with E-state index in [1.54, 1.807) is 0 Å². The number of likely N-dealkylation sites (N-methyl/N-ethyl adjacent to an activating group) is 1. The number of aromatic nitrogens is 4. The Morgan fingerprint density at radius 2 is 2.22 bits per heavy atom. The average Bonchev–Trinajstić information content (AvgIpc) is 2.67. The van der Waals surface area contributed by atoms with E-state index in [0.29, 0.717) is 10.8 Å². The van der Waals surface area contributed by atoms with Crippen molar-refractivity contribution in [3.8, 4) is 0 Å². The van der Waals surface area contributed by atoms with E-state index in [-0.39, 0.29) is 24.8 Å². The molecule has 2 N–H and O–H groups in total. The van der Waals surface area contributed by atoms with Crippen molar-refractivity contribution < 1.29 is 0 Å². The predicted octanol–water partition coefficient (Wildman–Crippen LogP) is 0.863. The van der Waals surface area contributed by atoms with Crippen LogP contribution in [0.1, 0.15) is 12.8 Å². The van der Waals surface area contributed by atoms with Gasteiger partial charge in [-0.15, -0.1) is 24.8 Å². The third kappa shape index (κ3) is 4.81. The van der Waals surface area contributed by atoms with Gasteiger partial charge in [-0.2, -0.15) is 5.21 Å². The monoisotopic (exact) mass is 314 g/mol. The Bertz CT molecular complexity index is 381. The maximum absolute atomic E-state index is 5.01. The number of nitrogens with zero attached hydrogens (tertiary/aromatic N) is 4. The highest BCUT2D eigenvalue weighted by Gasteiger charge is 2.17. The molecule has 0 aliphatic carbocycles. The molecule has 1 aromatic heterocycles. The van der Waals surface area contributed by atoms with Crippen LogP contribution in [-0.4, -0.2) is 57.8 Å². The molecule has 1 fully saturated rings. The standard InChI is InChI=1S/C9H18N6S.2ClH/c1-14-6-4-10-7-8(14)3-2-5-15-9(16)11-12-13-15;;/h8,10H,2-7H2,1H3,(H,11,13,16);2*1H. The smallest absolute Gasteiger partial charge is 0.238 e. The number of tetrazole rings is 1. The first-order valence-corrected chi connectivity index (χ1v) is 6.07. The molecule has 2 heterocycles. The van der Waals surface area contributed by atoms with Crippen molar-refractivity contribution >= 4 is 37.0 Å². The molecule has 0 amide bonds. The molecule has 106 valence electrons. The first-order chi connectivity index (χ1) is 7.77. The average molecular weight is 315 g/mol. The molecule has 1 saturated heterocycles. The minimum Gasteiger partial charge on any atom is -0.314 e. The van der Waals surface area contributed by atoms with E-state index in [0.717, 1.165) is 32.6 Å². The molecule has 9 heteroatoms. The molecule has 1 atom stereocenters. The largest absolute Gasteiger partial charge is 0.314 e. The summed E-state index contributed by atoms with van der Waals surface area (Å²) in [5.41, 5.74) is 0. The Hall–Kier alpha value is -0.210. The fourth-order valence-corrected chi connectivity index (χ4v) is 2.20. The summed E-state index contributed by atoms with van der Waals surface area (Å²) >= 11 is 5.01. The highest BCUT2D eigenvalue weighted by molar-refractivity contribution is 7.71. The fourth-order valence-electron chi connectivity index (χ4n) is 2.03. The first kappa shape index (κ1) is 17.8. The van der Waals surface area contributed by atoms with Crippen molar-refractivity contribution in [1.82, 2.24) is 30.4 Å². The van der Waals surface area contributed by atoms with Gasteiger partial charge in [-0.3, -0.25) is 0 Å².